The summed E-state index contributed by atoms with van der Waals surface area (Å²) < 4.78 is 0. The van der Waals surface area contributed by atoms with E-state index in [1.807, 2.05) is 0 Å². The first-order chi connectivity index (χ1) is 7.31. The first-order valence-electron chi connectivity index (χ1n) is 6.07. The van der Waals surface area contributed by atoms with Crippen LogP contribution < -0.4 is 5.32 Å². The van der Waals surface area contributed by atoms with Gasteiger partial charge in [0.2, 0.25) is 0 Å². The van der Waals surface area contributed by atoms with E-state index in [0.29, 0.717) is 5.41 Å². The molecule has 0 amide bonds. The minimum atomic E-state index is 0.201. The van der Waals surface area contributed by atoms with Gasteiger partial charge in [-0.3, -0.25) is 0 Å². The maximum absolute atomic E-state index is 3.56. The van der Waals surface area contributed by atoms with Gasteiger partial charge >= 0.3 is 0 Å². The van der Waals surface area contributed by atoms with E-state index in [1.165, 1.54) is 5.56 Å². The molecule has 0 aliphatic carbocycles. The second-order valence-corrected chi connectivity index (χ2v) is 6.41. The van der Waals surface area contributed by atoms with Crippen LogP contribution in [-0.4, -0.2) is 13.1 Å². The molecule has 0 aliphatic rings. The van der Waals surface area contributed by atoms with Crippen molar-refractivity contribution in [2.75, 3.05) is 13.1 Å². The molecule has 1 aromatic rings. The molecule has 0 spiro atoms. The van der Waals surface area contributed by atoms with Crippen LogP contribution in [0.1, 0.15) is 40.2 Å². The molecule has 0 heterocycles. The number of nitrogens with one attached hydrogen (secondary N) is 1. The zero-order valence-corrected chi connectivity index (χ0v) is 11.3. The van der Waals surface area contributed by atoms with Crippen LogP contribution in [0.4, 0.5) is 0 Å². The molecule has 0 atom stereocenters. The number of hydrogen-bond acceptors (Lipinski definition) is 1. The van der Waals surface area contributed by atoms with Gasteiger partial charge in [0.05, 0.1) is 0 Å². The lowest BCUT2D eigenvalue weighted by Gasteiger charge is -2.28. The minimum Gasteiger partial charge on any atom is -0.315 e. The highest BCUT2D eigenvalue weighted by Crippen LogP contribution is 2.22. The molecule has 0 radical (unpaired) electrons. The Morgan fingerprint density at radius 2 is 1.44 bits per heavy atom. The highest BCUT2D eigenvalue weighted by Gasteiger charge is 2.20. The third-order valence-electron chi connectivity index (χ3n) is 2.78. The van der Waals surface area contributed by atoms with E-state index in [0.717, 1.165) is 13.1 Å². The Hall–Kier alpha value is -0.820. The van der Waals surface area contributed by atoms with E-state index in [4.69, 9.17) is 0 Å². The molecule has 0 unspecified atom stereocenters. The SMILES string of the molecule is CC(C)(C)CNCC(C)(C)c1ccccc1. The van der Waals surface area contributed by atoms with E-state index in [2.05, 4.69) is 70.3 Å². The van der Waals surface area contributed by atoms with E-state index in [9.17, 15) is 0 Å². The van der Waals surface area contributed by atoms with Gasteiger partial charge in [-0.15, -0.1) is 0 Å². The first-order valence-corrected chi connectivity index (χ1v) is 6.07. The Morgan fingerprint density at radius 1 is 0.875 bits per heavy atom. The van der Waals surface area contributed by atoms with Crippen LogP contribution in [0.5, 0.6) is 0 Å². The molecule has 0 fully saturated rings. The summed E-state index contributed by atoms with van der Waals surface area (Å²) in [5, 5.41) is 3.56. The average Bonchev–Trinajstić information content (AvgIpc) is 2.17. The van der Waals surface area contributed by atoms with Crippen LogP contribution in [0.3, 0.4) is 0 Å². The molecule has 1 N–H and O–H groups in total. The molecule has 0 bridgehead atoms. The standard InChI is InChI=1S/C15H25N/c1-14(2,3)11-16-12-15(4,5)13-9-7-6-8-10-13/h6-10,16H,11-12H2,1-5H3. The van der Waals surface area contributed by atoms with Gasteiger partial charge in [-0.05, 0) is 11.0 Å². The van der Waals surface area contributed by atoms with Crippen molar-refractivity contribution in [1.29, 1.82) is 0 Å². The topological polar surface area (TPSA) is 12.0 Å². The maximum atomic E-state index is 3.56. The van der Waals surface area contributed by atoms with Gasteiger partial charge < -0.3 is 5.32 Å². The van der Waals surface area contributed by atoms with Crippen LogP contribution in [0.2, 0.25) is 0 Å². The smallest absolute Gasteiger partial charge is 0.00434 e. The maximum Gasteiger partial charge on any atom is 0.00434 e. The van der Waals surface area contributed by atoms with Crippen LogP contribution >= 0.6 is 0 Å². The molecule has 16 heavy (non-hydrogen) atoms. The average molecular weight is 219 g/mol. The quantitative estimate of drug-likeness (QED) is 0.816. The van der Waals surface area contributed by atoms with Gasteiger partial charge in [0, 0.05) is 18.5 Å². The lowest BCUT2D eigenvalue weighted by Crippen LogP contribution is -2.37. The Labute approximate surface area is 100 Å². The summed E-state index contributed by atoms with van der Waals surface area (Å²) >= 11 is 0. The van der Waals surface area contributed by atoms with Gasteiger partial charge in [0.15, 0.2) is 0 Å². The molecule has 1 heteroatoms. The van der Waals surface area contributed by atoms with Crippen molar-refractivity contribution < 1.29 is 0 Å². The van der Waals surface area contributed by atoms with Crippen molar-refractivity contribution in [1.82, 2.24) is 5.32 Å². The number of benzene rings is 1. The van der Waals surface area contributed by atoms with Crippen LogP contribution in [0.25, 0.3) is 0 Å². The number of hydrogen-bond donors (Lipinski definition) is 1. The highest BCUT2D eigenvalue weighted by atomic mass is 14.9. The summed E-state index contributed by atoms with van der Waals surface area (Å²) in [6.07, 6.45) is 0. The van der Waals surface area contributed by atoms with Gasteiger partial charge in [-0.1, -0.05) is 65.0 Å². The summed E-state index contributed by atoms with van der Waals surface area (Å²) in [5.41, 5.74) is 1.95. The second kappa shape index (κ2) is 5.01. The zero-order chi connectivity index (χ0) is 12.2. The number of rotatable bonds is 4. The molecule has 1 aromatic carbocycles. The van der Waals surface area contributed by atoms with Crippen molar-refractivity contribution in [2.45, 2.75) is 40.0 Å². The molecular formula is C15H25N. The van der Waals surface area contributed by atoms with Crippen LogP contribution in [0.15, 0.2) is 30.3 Å². The van der Waals surface area contributed by atoms with Crippen LogP contribution in [-0.2, 0) is 5.41 Å². The molecule has 1 rings (SSSR count). The third kappa shape index (κ3) is 4.36. The Bertz CT molecular complexity index is 306. The molecule has 0 saturated heterocycles. The normalized spacial score (nSPS) is 12.8. The van der Waals surface area contributed by atoms with E-state index in [-0.39, 0.29) is 5.41 Å². The summed E-state index contributed by atoms with van der Waals surface area (Å²) in [4.78, 5) is 0. The Kier molecular flexibility index (Phi) is 4.15. The Morgan fingerprint density at radius 3 is 1.94 bits per heavy atom. The van der Waals surface area contributed by atoms with Gasteiger partial charge in [-0.2, -0.15) is 0 Å². The Balaban J connectivity index is 2.53. The van der Waals surface area contributed by atoms with E-state index >= 15 is 0 Å². The van der Waals surface area contributed by atoms with Crippen molar-refractivity contribution in [3.63, 3.8) is 0 Å². The summed E-state index contributed by atoms with van der Waals surface area (Å²) in [7, 11) is 0. The second-order valence-electron chi connectivity index (χ2n) is 6.41. The van der Waals surface area contributed by atoms with Gasteiger partial charge in [-0.25, -0.2) is 0 Å². The monoisotopic (exact) mass is 219 g/mol. The van der Waals surface area contributed by atoms with E-state index < -0.39 is 0 Å². The highest BCUT2D eigenvalue weighted by molar-refractivity contribution is 5.23. The lowest BCUT2D eigenvalue weighted by atomic mass is 9.84. The fraction of sp³-hybridized carbons (Fsp3) is 0.600. The third-order valence-corrected chi connectivity index (χ3v) is 2.78. The fourth-order valence-electron chi connectivity index (χ4n) is 1.74. The molecule has 0 saturated carbocycles. The zero-order valence-electron chi connectivity index (χ0n) is 11.3. The first kappa shape index (κ1) is 13.2. The summed E-state index contributed by atoms with van der Waals surface area (Å²) in [6, 6.07) is 10.7. The largest absolute Gasteiger partial charge is 0.315 e. The summed E-state index contributed by atoms with van der Waals surface area (Å²) in [6.45, 7) is 13.4. The molecular weight excluding hydrogens is 194 g/mol. The van der Waals surface area contributed by atoms with Crippen molar-refractivity contribution in [3.05, 3.63) is 35.9 Å². The lowest BCUT2D eigenvalue weighted by molar-refractivity contribution is 0.354. The van der Waals surface area contributed by atoms with Crippen molar-refractivity contribution in [3.8, 4) is 0 Å². The summed E-state index contributed by atoms with van der Waals surface area (Å²) in [5.74, 6) is 0. The minimum absolute atomic E-state index is 0.201. The molecule has 0 aromatic heterocycles. The van der Waals surface area contributed by atoms with Gasteiger partial charge in [0.1, 0.15) is 0 Å². The van der Waals surface area contributed by atoms with Crippen LogP contribution in [0, 0.1) is 5.41 Å². The predicted molar refractivity (Wildman–Crippen MR) is 71.8 cm³/mol. The van der Waals surface area contributed by atoms with Gasteiger partial charge in [0.25, 0.3) is 0 Å². The molecule has 0 aliphatic heterocycles. The predicted octanol–water partition coefficient (Wildman–Crippen LogP) is 3.60. The van der Waals surface area contributed by atoms with E-state index in [1.54, 1.807) is 0 Å². The van der Waals surface area contributed by atoms with Crippen molar-refractivity contribution >= 4 is 0 Å². The molecule has 1 nitrogen and oxygen atoms in total. The fourth-order valence-corrected chi connectivity index (χ4v) is 1.74. The van der Waals surface area contributed by atoms with Crippen molar-refractivity contribution in [2.24, 2.45) is 5.41 Å². The molecule has 90 valence electrons.